The van der Waals surface area contributed by atoms with E-state index in [1.54, 1.807) is 0 Å². The monoisotopic (exact) mass is 234 g/mol. The molecule has 3 nitrogen and oxygen atoms in total. The van der Waals surface area contributed by atoms with Gasteiger partial charge in [0.05, 0.1) is 12.1 Å². The maximum Gasteiger partial charge on any atom is 0.389 e. The Kier molecular flexibility index (Phi) is 3.72. The lowest BCUT2D eigenvalue weighted by Gasteiger charge is -2.08. The third kappa shape index (κ3) is 4.04. The Bertz CT molecular complexity index is 409. The van der Waals surface area contributed by atoms with Crippen molar-refractivity contribution in [1.29, 1.82) is 0 Å². The Hall–Kier alpha value is -1.33. The first kappa shape index (κ1) is 12.7. The van der Waals surface area contributed by atoms with E-state index in [9.17, 15) is 18.0 Å². The van der Waals surface area contributed by atoms with Gasteiger partial charge < -0.3 is 4.98 Å². The molecular weight excluding hydrogens is 221 g/mol. The van der Waals surface area contributed by atoms with Crippen LogP contribution in [0.15, 0.2) is 10.9 Å². The lowest BCUT2D eigenvalue weighted by atomic mass is 10.1. The molecule has 1 N–H and O–H groups in total. The Labute approximate surface area is 90.7 Å². The standard InChI is InChI=1S/C10H13F3N2O/c1-6(2)7-5-9(16)15-8(14-7)3-4-10(11,12)13/h5-6H,3-4H2,1-2H3,(H,14,15,16). The van der Waals surface area contributed by atoms with Crippen LogP contribution in [-0.4, -0.2) is 16.1 Å². The smallest absolute Gasteiger partial charge is 0.311 e. The minimum absolute atomic E-state index is 0.0203. The predicted molar refractivity (Wildman–Crippen MR) is 53.3 cm³/mol. The molecule has 0 fully saturated rings. The summed E-state index contributed by atoms with van der Waals surface area (Å²) in [5, 5.41) is 0. The average molecular weight is 234 g/mol. The normalized spacial score (nSPS) is 12.1. The fraction of sp³-hybridized carbons (Fsp3) is 0.600. The van der Waals surface area contributed by atoms with Crippen molar-refractivity contribution < 1.29 is 13.2 Å². The van der Waals surface area contributed by atoms with Crippen LogP contribution in [0.4, 0.5) is 13.2 Å². The molecular formula is C10H13F3N2O. The molecule has 0 bridgehead atoms. The molecule has 0 saturated heterocycles. The molecule has 0 amide bonds. The number of hydrogen-bond donors (Lipinski definition) is 1. The second-order valence-electron chi connectivity index (χ2n) is 3.89. The first-order valence-electron chi connectivity index (χ1n) is 4.95. The summed E-state index contributed by atoms with van der Waals surface area (Å²) in [5.74, 6) is 0.112. The van der Waals surface area contributed by atoms with E-state index in [2.05, 4.69) is 9.97 Å². The van der Waals surface area contributed by atoms with Crippen LogP contribution in [0.25, 0.3) is 0 Å². The van der Waals surface area contributed by atoms with Gasteiger partial charge in [0.15, 0.2) is 0 Å². The van der Waals surface area contributed by atoms with Gasteiger partial charge in [0.25, 0.3) is 5.56 Å². The van der Waals surface area contributed by atoms with Gasteiger partial charge in [-0.25, -0.2) is 4.98 Å². The zero-order chi connectivity index (χ0) is 12.3. The topological polar surface area (TPSA) is 45.8 Å². The fourth-order valence-corrected chi connectivity index (χ4v) is 1.20. The minimum atomic E-state index is -4.23. The largest absolute Gasteiger partial charge is 0.389 e. The van der Waals surface area contributed by atoms with E-state index in [0.29, 0.717) is 5.69 Å². The number of nitrogens with one attached hydrogen (secondary N) is 1. The lowest BCUT2D eigenvalue weighted by Crippen LogP contribution is -2.16. The van der Waals surface area contributed by atoms with Gasteiger partial charge in [0, 0.05) is 12.5 Å². The number of aryl methyl sites for hydroxylation is 1. The average Bonchev–Trinajstić information content (AvgIpc) is 2.13. The summed E-state index contributed by atoms with van der Waals surface area (Å²) in [5.41, 5.74) is 0.108. The SMILES string of the molecule is CC(C)c1cc(=O)[nH]c(CCC(F)(F)F)n1. The molecule has 16 heavy (non-hydrogen) atoms. The number of nitrogens with zero attached hydrogens (tertiary/aromatic N) is 1. The molecule has 0 aliphatic heterocycles. The second kappa shape index (κ2) is 4.67. The van der Waals surface area contributed by atoms with Crippen LogP contribution < -0.4 is 5.56 Å². The second-order valence-corrected chi connectivity index (χ2v) is 3.89. The van der Waals surface area contributed by atoms with Gasteiger partial charge in [0.1, 0.15) is 5.82 Å². The van der Waals surface area contributed by atoms with Crippen LogP contribution >= 0.6 is 0 Å². The van der Waals surface area contributed by atoms with Crippen molar-refractivity contribution in [3.8, 4) is 0 Å². The van der Waals surface area contributed by atoms with Gasteiger partial charge in [-0.3, -0.25) is 4.79 Å². The number of alkyl halides is 3. The molecule has 1 aromatic rings. The number of hydrogen-bond acceptors (Lipinski definition) is 2. The van der Waals surface area contributed by atoms with Gasteiger partial charge in [-0.2, -0.15) is 13.2 Å². The molecule has 0 aliphatic carbocycles. The number of aromatic amines is 1. The maximum absolute atomic E-state index is 12.0. The summed E-state index contributed by atoms with van der Waals surface area (Å²) in [6, 6.07) is 1.31. The maximum atomic E-state index is 12.0. The molecule has 0 saturated carbocycles. The molecule has 0 aliphatic rings. The summed E-state index contributed by atoms with van der Waals surface area (Å²) in [6.45, 7) is 3.66. The van der Waals surface area contributed by atoms with Crippen LogP contribution in [0.5, 0.6) is 0 Å². The number of rotatable bonds is 3. The van der Waals surface area contributed by atoms with E-state index in [-0.39, 0.29) is 18.2 Å². The summed E-state index contributed by atoms with van der Waals surface area (Å²) in [4.78, 5) is 17.5. The molecule has 0 unspecified atom stereocenters. The predicted octanol–water partition coefficient (Wildman–Crippen LogP) is 2.39. The van der Waals surface area contributed by atoms with E-state index < -0.39 is 18.2 Å². The quantitative estimate of drug-likeness (QED) is 0.872. The lowest BCUT2D eigenvalue weighted by molar-refractivity contribution is -0.134. The molecule has 90 valence electrons. The highest BCUT2D eigenvalue weighted by Crippen LogP contribution is 2.21. The summed E-state index contributed by atoms with van der Waals surface area (Å²) in [7, 11) is 0. The molecule has 0 radical (unpaired) electrons. The van der Waals surface area contributed by atoms with E-state index in [1.807, 2.05) is 13.8 Å². The fourth-order valence-electron chi connectivity index (χ4n) is 1.20. The van der Waals surface area contributed by atoms with E-state index in [0.717, 1.165) is 0 Å². The summed E-state index contributed by atoms with van der Waals surface area (Å²) < 4.78 is 35.9. The van der Waals surface area contributed by atoms with Gasteiger partial charge in [0.2, 0.25) is 0 Å². The molecule has 6 heteroatoms. The number of halogens is 3. The van der Waals surface area contributed by atoms with Crippen molar-refractivity contribution in [3.05, 3.63) is 27.9 Å². The molecule has 0 atom stereocenters. The first-order valence-corrected chi connectivity index (χ1v) is 4.95. The van der Waals surface area contributed by atoms with Crippen molar-refractivity contribution in [2.45, 2.75) is 38.8 Å². The van der Waals surface area contributed by atoms with Crippen molar-refractivity contribution in [2.75, 3.05) is 0 Å². The Balaban J connectivity index is 2.85. The van der Waals surface area contributed by atoms with E-state index >= 15 is 0 Å². The van der Waals surface area contributed by atoms with Gasteiger partial charge >= 0.3 is 6.18 Å². The van der Waals surface area contributed by atoms with Crippen LogP contribution in [0, 0.1) is 0 Å². The first-order chi connectivity index (χ1) is 7.28. The van der Waals surface area contributed by atoms with Gasteiger partial charge in [-0.05, 0) is 5.92 Å². The van der Waals surface area contributed by atoms with Gasteiger partial charge in [-0.15, -0.1) is 0 Å². The molecule has 0 spiro atoms. The van der Waals surface area contributed by atoms with Crippen molar-refractivity contribution in [1.82, 2.24) is 9.97 Å². The highest BCUT2D eigenvalue weighted by molar-refractivity contribution is 5.07. The van der Waals surface area contributed by atoms with Crippen molar-refractivity contribution in [2.24, 2.45) is 0 Å². The van der Waals surface area contributed by atoms with Crippen LogP contribution in [0.3, 0.4) is 0 Å². The zero-order valence-corrected chi connectivity index (χ0v) is 9.06. The van der Waals surface area contributed by atoms with E-state index in [1.165, 1.54) is 6.07 Å². The molecule has 1 rings (SSSR count). The molecule has 1 heterocycles. The summed E-state index contributed by atoms with van der Waals surface area (Å²) >= 11 is 0. The van der Waals surface area contributed by atoms with Crippen LogP contribution in [0.2, 0.25) is 0 Å². The van der Waals surface area contributed by atoms with Crippen LogP contribution in [-0.2, 0) is 6.42 Å². The third-order valence-corrected chi connectivity index (χ3v) is 2.05. The number of aromatic nitrogens is 2. The Morgan fingerprint density at radius 2 is 2.06 bits per heavy atom. The molecule has 1 aromatic heterocycles. The van der Waals surface area contributed by atoms with E-state index in [4.69, 9.17) is 0 Å². The highest BCUT2D eigenvalue weighted by atomic mass is 19.4. The zero-order valence-electron chi connectivity index (χ0n) is 9.06. The Morgan fingerprint density at radius 3 is 2.56 bits per heavy atom. The van der Waals surface area contributed by atoms with Crippen LogP contribution in [0.1, 0.15) is 37.7 Å². The molecule has 0 aromatic carbocycles. The van der Waals surface area contributed by atoms with Crippen molar-refractivity contribution >= 4 is 0 Å². The number of H-pyrrole nitrogens is 1. The minimum Gasteiger partial charge on any atom is -0.311 e. The summed E-state index contributed by atoms with van der Waals surface area (Å²) in [6.07, 6.45) is -5.50. The third-order valence-electron chi connectivity index (χ3n) is 2.05. The van der Waals surface area contributed by atoms with Crippen molar-refractivity contribution in [3.63, 3.8) is 0 Å². The Morgan fingerprint density at radius 1 is 1.44 bits per heavy atom. The van der Waals surface area contributed by atoms with Gasteiger partial charge in [-0.1, -0.05) is 13.8 Å². The highest BCUT2D eigenvalue weighted by Gasteiger charge is 2.27.